The van der Waals surface area contributed by atoms with Crippen LogP contribution in [0.1, 0.15) is 24.8 Å². The van der Waals surface area contributed by atoms with Gasteiger partial charge in [0, 0.05) is 26.6 Å². The Kier molecular flexibility index (Phi) is 5.97. The maximum atomic E-state index is 12.2. The summed E-state index contributed by atoms with van der Waals surface area (Å²) in [6.45, 7) is 1.11. The van der Waals surface area contributed by atoms with Crippen molar-refractivity contribution in [1.82, 2.24) is 10.2 Å². The summed E-state index contributed by atoms with van der Waals surface area (Å²) in [5.74, 6) is 0.108. The van der Waals surface area contributed by atoms with Crippen molar-refractivity contribution in [2.75, 3.05) is 13.6 Å². The lowest BCUT2D eigenvalue weighted by atomic mass is 10.0. The summed E-state index contributed by atoms with van der Waals surface area (Å²) >= 11 is 0. The normalized spacial score (nSPS) is 10.5. The number of hydrogen-bond donors (Lipinski definition) is 2. The second kappa shape index (κ2) is 8.17. The van der Waals surface area contributed by atoms with E-state index in [2.05, 4.69) is 29.6 Å². The van der Waals surface area contributed by atoms with Crippen LogP contribution < -0.4 is 11.1 Å². The molecule has 0 aromatic heterocycles. The fourth-order valence-electron chi connectivity index (χ4n) is 2.58. The van der Waals surface area contributed by atoms with Crippen molar-refractivity contribution in [2.45, 2.75) is 25.8 Å². The number of carbonyl (C=O) groups is 2. The van der Waals surface area contributed by atoms with E-state index in [9.17, 15) is 9.59 Å². The van der Waals surface area contributed by atoms with E-state index in [1.54, 1.807) is 4.90 Å². The number of carbonyl (C=O) groups excluding carboxylic acids is 2. The molecule has 0 atom stereocenters. The molecule has 5 nitrogen and oxygen atoms in total. The number of unbranched alkanes of at least 4 members (excludes halogenated alkanes) is 1. The van der Waals surface area contributed by atoms with Crippen LogP contribution in [0.4, 0.5) is 4.79 Å². The Hall–Kier alpha value is -2.56. The molecule has 5 heteroatoms. The van der Waals surface area contributed by atoms with E-state index in [1.807, 2.05) is 25.2 Å². The molecule has 0 radical (unpaired) electrons. The zero-order valence-electron chi connectivity index (χ0n) is 13.4. The van der Waals surface area contributed by atoms with E-state index in [-0.39, 0.29) is 5.91 Å². The number of urea groups is 1. The Morgan fingerprint density at radius 1 is 1.09 bits per heavy atom. The third-order valence-electron chi connectivity index (χ3n) is 3.83. The number of hydrogen-bond acceptors (Lipinski definition) is 2. The van der Waals surface area contributed by atoms with Gasteiger partial charge in [0.1, 0.15) is 0 Å². The Labute approximate surface area is 136 Å². The van der Waals surface area contributed by atoms with E-state index in [0.717, 1.165) is 18.4 Å². The highest BCUT2D eigenvalue weighted by atomic mass is 16.2. The predicted octanol–water partition coefficient (Wildman–Crippen LogP) is 2.64. The van der Waals surface area contributed by atoms with Gasteiger partial charge in [-0.2, -0.15) is 0 Å². The minimum Gasteiger partial charge on any atom is -0.352 e. The van der Waals surface area contributed by atoms with Crippen molar-refractivity contribution in [2.24, 2.45) is 5.73 Å². The highest BCUT2D eigenvalue weighted by Crippen LogP contribution is 2.19. The predicted molar refractivity (Wildman–Crippen MR) is 91.9 cm³/mol. The Morgan fingerprint density at radius 2 is 1.83 bits per heavy atom. The molecular weight excluding hydrogens is 290 g/mol. The van der Waals surface area contributed by atoms with Crippen molar-refractivity contribution in [1.29, 1.82) is 0 Å². The van der Waals surface area contributed by atoms with Gasteiger partial charge in [-0.3, -0.25) is 4.79 Å². The van der Waals surface area contributed by atoms with Crippen LogP contribution in [-0.2, 0) is 11.3 Å². The molecule has 0 aliphatic rings. The molecule has 122 valence electrons. The molecule has 0 aliphatic carbocycles. The lowest BCUT2D eigenvalue weighted by molar-refractivity contribution is -0.130. The molecule has 0 fully saturated rings. The molecule has 2 aromatic rings. The molecule has 0 unspecified atom stereocenters. The number of nitrogens with zero attached hydrogens (tertiary/aromatic N) is 1. The molecular formula is C18H23N3O2. The van der Waals surface area contributed by atoms with Gasteiger partial charge < -0.3 is 16.0 Å². The standard InChI is InChI=1S/C18H23N3O2/c1-21(17(22)11-4-5-12-20-18(19)23)13-15-9-6-8-14-7-2-3-10-16(14)15/h2-3,6-10H,4-5,11-13H2,1H3,(H3,19,20,23). The van der Waals surface area contributed by atoms with Gasteiger partial charge in [-0.05, 0) is 29.2 Å². The average Bonchev–Trinajstić information content (AvgIpc) is 2.54. The van der Waals surface area contributed by atoms with Crippen LogP contribution in [-0.4, -0.2) is 30.4 Å². The van der Waals surface area contributed by atoms with E-state index >= 15 is 0 Å². The van der Waals surface area contributed by atoms with Gasteiger partial charge in [0.05, 0.1) is 0 Å². The Morgan fingerprint density at radius 3 is 2.61 bits per heavy atom. The summed E-state index contributed by atoms with van der Waals surface area (Å²) in [6, 6.07) is 13.8. The molecule has 0 saturated heterocycles. The monoisotopic (exact) mass is 313 g/mol. The summed E-state index contributed by atoms with van der Waals surface area (Å²) in [5, 5.41) is 4.89. The first-order valence-electron chi connectivity index (χ1n) is 7.82. The molecule has 0 spiro atoms. The summed E-state index contributed by atoms with van der Waals surface area (Å²) in [5.41, 5.74) is 6.14. The van der Waals surface area contributed by atoms with Crippen LogP contribution >= 0.6 is 0 Å². The first kappa shape index (κ1) is 16.8. The minimum absolute atomic E-state index is 0.108. The number of rotatable bonds is 7. The van der Waals surface area contributed by atoms with Gasteiger partial charge in [0.25, 0.3) is 0 Å². The Bertz CT molecular complexity index is 680. The molecule has 0 bridgehead atoms. The van der Waals surface area contributed by atoms with Crippen LogP contribution in [0.2, 0.25) is 0 Å². The van der Waals surface area contributed by atoms with E-state index in [0.29, 0.717) is 19.5 Å². The van der Waals surface area contributed by atoms with Gasteiger partial charge in [0.15, 0.2) is 0 Å². The summed E-state index contributed by atoms with van der Waals surface area (Å²) in [4.78, 5) is 24.5. The van der Waals surface area contributed by atoms with Crippen LogP contribution in [0.15, 0.2) is 42.5 Å². The number of benzene rings is 2. The third-order valence-corrected chi connectivity index (χ3v) is 3.83. The van der Waals surface area contributed by atoms with Crippen LogP contribution in [0.5, 0.6) is 0 Å². The molecule has 3 N–H and O–H groups in total. The fraction of sp³-hybridized carbons (Fsp3) is 0.333. The van der Waals surface area contributed by atoms with Crippen molar-refractivity contribution in [3.8, 4) is 0 Å². The highest BCUT2D eigenvalue weighted by Gasteiger charge is 2.10. The van der Waals surface area contributed by atoms with Crippen LogP contribution in [0.3, 0.4) is 0 Å². The average molecular weight is 313 g/mol. The second-order valence-corrected chi connectivity index (χ2v) is 5.64. The lowest BCUT2D eigenvalue weighted by Gasteiger charge is -2.18. The molecule has 0 heterocycles. The van der Waals surface area contributed by atoms with Crippen LogP contribution in [0, 0.1) is 0 Å². The zero-order chi connectivity index (χ0) is 16.7. The smallest absolute Gasteiger partial charge is 0.312 e. The maximum Gasteiger partial charge on any atom is 0.312 e. The van der Waals surface area contributed by atoms with E-state index < -0.39 is 6.03 Å². The molecule has 2 aromatic carbocycles. The quantitative estimate of drug-likeness (QED) is 0.771. The van der Waals surface area contributed by atoms with E-state index in [4.69, 9.17) is 5.73 Å². The van der Waals surface area contributed by atoms with Gasteiger partial charge in [-0.1, -0.05) is 42.5 Å². The summed E-state index contributed by atoms with van der Waals surface area (Å²) in [6.07, 6.45) is 1.96. The van der Waals surface area contributed by atoms with Crippen molar-refractivity contribution < 1.29 is 9.59 Å². The third kappa shape index (κ3) is 4.98. The molecule has 0 saturated carbocycles. The largest absolute Gasteiger partial charge is 0.352 e. The second-order valence-electron chi connectivity index (χ2n) is 5.64. The fourth-order valence-corrected chi connectivity index (χ4v) is 2.58. The van der Waals surface area contributed by atoms with Crippen LogP contribution in [0.25, 0.3) is 10.8 Å². The molecule has 2 rings (SSSR count). The van der Waals surface area contributed by atoms with Gasteiger partial charge in [-0.15, -0.1) is 0 Å². The van der Waals surface area contributed by atoms with Gasteiger partial charge in [-0.25, -0.2) is 4.79 Å². The first-order valence-corrected chi connectivity index (χ1v) is 7.82. The number of amides is 3. The number of nitrogens with two attached hydrogens (primary N) is 1. The van der Waals surface area contributed by atoms with Crippen molar-refractivity contribution in [3.63, 3.8) is 0 Å². The van der Waals surface area contributed by atoms with Gasteiger partial charge >= 0.3 is 6.03 Å². The lowest BCUT2D eigenvalue weighted by Crippen LogP contribution is -2.30. The number of fused-ring (bicyclic) bond motifs is 1. The minimum atomic E-state index is -0.524. The zero-order valence-corrected chi connectivity index (χ0v) is 13.4. The van der Waals surface area contributed by atoms with Crippen molar-refractivity contribution in [3.05, 3.63) is 48.0 Å². The Balaban J connectivity index is 1.86. The molecule has 0 aliphatic heterocycles. The van der Waals surface area contributed by atoms with E-state index in [1.165, 1.54) is 10.8 Å². The summed E-state index contributed by atoms with van der Waals surface area (Å²) in [7, 11) is 1.83. The van der Waals surface area contributed by atoms with Crippen molar-refractivity contribution >= 4 is 22.7 Å². The topological polar surface area (TPSA) is 75.4 Å². The first-order chi connectivity index (χ1) is 11.1. The SMILES string of the molecule is CN(Cc1cccc2ccccc12)C(=O)CCCCNC(N)=O. The maximum absolute atomic E-state index is 12.2. The summed E-state index contributed by atoms with van der Waals surface area (Å²) < 4.78 is 0. The van der Waals surface area contributed by atoms with Gasteiger partial charge in [0.2, 0.25) is 5.91 Å². The molecule has 3 amide bonds. The molecule has 23 heavy (non-hydrogen) atoms. The number of primary amides is 1. The highest BCUT2D eigenvalue weighted by molar-refractivity contribution is 5.86. The number of nitrogens with one attached hydrogen (secondary N) is 1.